The van der Waals surface area contributed by atoms with Crippen LogP contribution in [0.15, 0.2) is 10.3 Å². The molecule has 0 saturated heterocycles. The molecule has 10 nitrogen and oxygen atoms in total. The number of carbonyl (C=O) groups excluding carboxylic acids is 1. The molecule has 0 spiro atoms. The Balaban J connectivity index is 2.84. The highest BCUT2D eigenvalue weighted by Gasteiger charge is 2.26. The monoisotopic (exact) mass is 352 g/mol. The first-order valence-electron chi connectivity index (χ1n) is 5.56. The third-order valence-electron chi connectivity index (χ3n) is 2.20. The van der Waals surface area contributed by atoms with Crippen molar-refractivity contribution in [3.63, 3.8) is 0 Å². The maximum Gasteiger partial charge on any atom is 0.346 e. The summed E-state index contributed by atoms with van der Waals surface area (Å²) in [6, 6.07) is 1.05. The van der Waals surface area contributed by atoms with Crippen LogP contribution in [-0.2, 0) is 19.6 Å². The van der Waals surface area contributed by atoms with Gasteiger partial charge in [-0.15, -0.1) is 11.3 Å². The molecule has 1 rings (SSSR count). The molecule has 1 amide bonds. The molecular formula is C10H12N2O8S2. The van der Waals surface area contributed by atoms with Crippen LogP contribution in [0.5, 0.6) is 5.75 Å². The number of aliphatic carboxylic acids is 1. The number of methoxy groups -OCH3 is 1. The van der Waals surface area contributed by atoms with E-state index in [0.29, 0.717) is 11.3 Å². The van der Waals surface area contributed by atoms with Crippen molar-refractivity contribution in [1.29, 1.82) is 0 Å². The van der Waals surface area contributed by atoms with Crippen LogP contribution in [0.4, 0.5) is 0 Å². The van der Waals surface area contributed by atoms with Crippen molar-refractivity contribution in [2.45, 2.75) is 4.21 Å². The summed E-state index contributed by atoms with van der Waals surface area (Å²) in [5, 5.41) is 19.2. The van der Waals surface area contributed by atoms with Crippen LogP contribution in [0.25, 0.3) is 0 Å². The van der Waals surface area contributed by atoms with E-state index in [1.165, 1.54) is 7.11 Å². The van der Waals surface area contributed by atoms with Gasteiger partial charge in [0.05, 0.1) is 13.7 Å². The van der Waals surface area contributed by atoms with Crippen LogP contribution in [0, 0.1) is 0 Å². The summed E-state index contributed by atoms with van der Waals surface area (Å²) in [5.41, 5.74) is 0. The minimum absolute atomic E-state index is 0.166. The summed E-state index contributed by atoms with van der Waals surface area (Å²) in [7, 11) is -3.00. The summed E-state index contributed by atoms with van der Waals surface area (Å²) in [6.07, 6.45) is 0. The summed E-state index contributed by atoms with van der Waals surface area (Å²) >= 11 is 0.468. The largest absolute Gasteiger partial charge is 0.494 e. The number of carboxylic acids is 2. The van der Waals surface area contributed by atoms with Crippen LogP contribution in [-0.4, -0.2) is 56.7 Å². The molecule has 1 heterocycles. The van der Waals surface area contributed by atoms with Gasteiger partial charge in [-0.05, 0) is 0 Å². The smallest absolute Gasteiger partial charge is 0.346 e. The van der Waals surface area contributed by atoms with Gasteiger partial charge in [0.15, 0.2) is 9.96 Å². The van der Waals surface area contributed by atoms with Crippen LogP contribution in [0.1, 0.15) is 9.67 Å². The second-order valence-electron chi connectivity index (χ2n) is 3.77. The van der Waals surface area contributed by atoms with Gasteiger partial charge in [0.25, 0.3) is 10.0 Å². The normalized spacial score (nSPS) is 11.0. The second-order valence-corrected chi connectivity index (χ2v) is 6.78. The van der Waals surface area contributed by atoms with Crippen molar-refractivity contribution >= 4 is 39.2 Å². The standard InChI is InChI=1S/C10H12N2O8S2/c1-20-5-2-6(9(16)17)21-10(5)22(18,19)12-3-7(13)11-4-8(14)15/h2,12H,3-4H2,1H3,(H,11,13)(H,14,15)(H,16,17). The maximum atomic E-state index is 12.0. The van der Waals surface area contributed by atoms with E-state index in [9.17, 15) is 22.8 Å². The van der Waals surface area contributed by atoms with E-state index in [2.05, 4.69) is 0 Å². The zero-order chi connectivity index (χ0) is 16.9. The summed E-state index contributed by atoms with van der Waals surface area (Å²) in [6.45, 7) is -1.34. The molecular weight excluding hydrogens is 340 g/mol. The Labute approximate surface area is 128 Å². The first kappa shape index (κ1) is 17.9. The highest BCUT2D eigenvalue weighted by molar-refractivity contribution is 7.91. The number of aromatic carboxylic acids is 1. The van der Waals surface area contributed by atoms with E-state index < -0.39 is 45.2 Å². The Morgan fingerprint density at radius 1 is 1.27 bits per heavy atom. The lowest BCUT2D eigenvalue weighted by molar-refractivity contribution is -0.137. The molecule has 0 atom stereocenters. The molecule has 0 aliphatic rings. The number of carbonyl (C=O) groups is 3. The third-order valence-corrected chi connectivity index (χ3v) is 5.22. The van der Waals surface area contributed by atoms with Crippen molar-refractivity contribution in [2.75, 3.05) is 20.2 Å². The topological polar surface area (TPSA) is 159 Å². The molecule has 0 fully saturated rings. The number of rotatable bonds is 8. The summed E-state index contributed by atoms with van der Waals surface area (Å²) < 4.78 is 30.4. The Kier molecular flexibility index (Phi) is 5.84. The molecule has 0 aliphatic carbocycles. The predicted octanol–water partition coefficient (Wildman–Crippen LogP) is -1.07. The number of thiophene rings is 1. The van der Waals surface area contributed by atoms with Gasteiger partial charge in [-0.1, -0.05) is 0 Å². The van der Waals surface area contributed by atoms with Gasteiger partial charge in [0.1, 0.15) is 11.4 Å². The number of hydrogen-bond donors (Lipinski definition) is 4. The molecule has 4 N–H and O–H groups in total. The lowest BCUT2D eigenvalue weighted by Gasteiger charge is -2.06. The SMILES string of the molecule is COc1cc(C(=O)O)sc1S(=O)(=O)NCC(=O)NCC(=O)O. The van der Waals surface area contributed by atoms with Gasteiger partial charge >= 0.3 is 11.9 Å². The first-order chi connectivity index (χ1) is 10.2. The van der Waals surface area contributed by atoms with Gasteiger partial charge in [0.2, 0.25) is 5.91 Å². The predicted molar refractivity (Wildman–Crippen MR) is 73.7 cm³/mol. The second kappa shape index (κ2) is 7.20. The van der Waals surface area contributed by atoms with Crippen molar-refractivity contribution in [3.8, 4) is 5.75 Å². The van der Waals surface area contributed by atoms with E-state index in [-0.39, 0.29) is 10.6 Å². The minimum atomic E-state index is -4.18. The number of sulfonamides is 1. The van der Waals surface area contributed by atoms with Crippen LogP contribution >= 0.6 is 11.3 Å². The molecule has 0 aliphatic heterocycles. The van der Waals surface area contributed by atoms with Crippen LogP contribution < -0.4 is 14.8 Å². The zero-order valence-electron chi connectivity index (χ0n) is 11.2. The Bertz CT molecular complexity index is 694. The van der Waals surface area contributed by atoms with Gasteiger partial charge in [-0.25, -0.2) is 17.9 Å². The van der Waals surface area contributed by atoms with E-state index in [4.69, 9.17) is 14.9 Å². The highest BCUT2D eigenvalue weighted by atomic mass is 32.2. The van der Waals surface area contributed by atoms with Gasteiger partial charge in [-0.3, -0.25) is 9.59 Å². The first-order valence-corrected chi connectivity index (χ1v) is 7.86. The molecule has 22 heavy (non-hydrogen) atoms. The van der Waals surface area contributed by atoms with E-state index >= 15 is 0 Å². The Hall–Kier alpha value is -2.18. The average Bonchev–Trinajstić information content (AvgIpc) is 2.88. The minimum Gasteiger partial charge on any atom is -0.494 e. The number of nitrogens with one attached hydrogen (secondary N) is 2. The molecule has 0 unspecified atom stereocenters. The number of ether oxygens (including phenoxy) is 1. The Morgan fingerprint density at radius 3 is 2.41 bits per heavy atom. The van der Waals surface area contributed by atoms with Crippen molar-refractivity contribution in [2.24, 2.45) is 0 Å². The van der Waals surface area contributed by atoms with Crippen molar-refractivity contribution in [1.82, 2.24) is 10.0 Å². The van der Waals surface area contributed by atoms with Gasteiger partial charge in [0, 0.05) is 6.07 Å². The van der Waals surface area contributed by atoms with Crippen molar-refractivity contribution < 1.29 is 37.8 Å². The van der Waals surface area contributed by atoms with Gasteiger partial charge in [-0.2, -0.15) is 0 Å². The fourth-order valence-electron chi connectivity index (χ4n) is 1.26. The fraction of sp³-hybridized carbons (Fsp3) is 0.300. The third kappa shape index (κ3) is 4.68. The molecule has 1 aromatic heterocycles. The molecule has 12 heteroatoms. The quantitative estimate of drug-likeness (QED) is 0.460. The van der Waals surface area contributed by atoms with E-state index in [1.54, 1.807) is 0 Å². The highest BCUT2D eigenvalue weighted by Crippen LogP contribution is 2.33. The molecule has 1 aromatic rings. The fourth-order valence-corrected chi connectivity index (χ4v) is 3.70. The number of carboxylic acid groups (broad SMARTS) is 2. The summed E-state index contributed by atoms with van der Waals surface area (Å²) in [5.74, 6) is -3.60. The Morgan fingerprint density at radius 2 is 1.91 bits per heavy atom. The van der Waals surface area contributed by atoms with Crippen LogP contribution in [0.2, 0.25) is 0 Å². The molecule has 0 aromatic carbocycles. The van der Waals surface area contributed by atoms with E-state index in [1.807, 2.05) is 10.0 Å². The van der Waals surface area contributed by atoms with E-state index in [0.717, 1.165) is 6.07 Å². The molecule has 0 radical (unpaired) electrons. The number of amides is 1. The summed E-state index contributed by atoms with van der Waals surface area (Å²) in [4.78, 5) is 32.1. The maximum absolute atomic E-state index is 12.0. The molecule has 122 valence electrons. The van der Waals surface area contributed by atoms with Crippen molar-refractivity contribution in [3.05, 3.63) is 10.9 Å². The van der Waals surface area contributed by atoms with Gasteiger partial charge < -0.3 is 20.3 Å². The lowest BCUT2D eigenvalue weighted by atomic mass is 10.4. The average molecular weight is 352 g/mol. The van der Waals surface area contributed by atoms with Crippen LogP contribution in [0.3, 0.4) is 0 Å². The molecule has 0 saturated carbocycles. The zero-order valence-corrected chi connectivity index (χ0v) is 12.8. The molecule has 0 bridgehead atoms. The lowest BCUT2D eigenvalue weighted by Crippen LogP contribution is -2.38. The number of hydrogen-bond acceptors (Lipinski definition) is 7.